The molecule has 0 aromatic carbocycles. The van der Waals surface area contributed by atoms with E-state index in [-0.39, 0.29) is 11.6 Å². The Kier molecular flexibility index (Phi) is 2.63. The van der Waals surface area contributed by atoms with Crippen LogP contribution >= 0.6 is 0 Å². The standard InChI is InChI=1S/C10H19N3O/c11-10(4-3-5-10)8-12-9(14)13-6-1-2-7-13/h1-8,11H2,(H,12,14). The first-order valence-electron chi connectivity index (χ1n) is 5.51. The number of hydrogen-bond acceptors (Lipinski definition) is 2. The second kappa shape index (κ2) is 3.77. The fourth-order valence-electron chi connectivity index (χ4n) is 2.09. The van der Waals surface area contributed by atoms with E-state index in [9.17, 15) is 4.79 Å². The van der Waals surface area contributed by atoms with Crippen LogP contribution in [0.1, 0.15) is 32.1 Å². The van der Waals surface area contributed by atoms with Gasteiger partial charge in [-0.15, -0.1) is 0 Å². The number of hydrogen-bond donors (Lipinski definition) is 2. The molecule has 1 heterocycles. The molecule has 4 nitrogen and oxygen atoms in total. The highest BCUT2D eigenvalue weighted by molar-refractivity contribution is 5.74. The minimum atomic E-state index is -0.102. The predicted octanol–water partition coefficient (Wildman–Crippen LogP) is 0.673. The van der Waals surface area contributed by atoms with Crippen molar-refractivity contribution in [2.24, 2.45) is 5.73 Å². The fourth-order valence-corrected chi connectivity index (χ4v) is 2.09. The van der Waals surface area contributed by atoms with E-state index < -0.39 is 0 Å². The van der Waals surface area contributed by atoms with Gasteiger partial charge < -0.3 is 16.0 Å². The Hall–Kier alpha value is -0.770. The molecule has 1 saturated heterocycles. The third kappa shape index (κ3) is 2.00. The Morgan fingerprint density at radius 3 is 2.43 bits per heavy atom. The molecule has 80 valence electrons. The average molecular weight is 197 g/mol. The Bertz CT molecular complexity index is 219. The number of nitrogens with one attached hydrogen (secondary N) is 1. The minimum absolute atomic E-state index is 0.0687. The first-order chi connectivity index (χ1) is 6.70. The zero-order valence-electron chi connectivity index (χ0n) is 8.59. The van der Waals surface area contributed by atoms with Crippen LogP contribution in [0.25, 0.3) is 0 Å². The van der Waals surface area contributed by atoms with Crippen molar-refractivity contribution < 1.29 is 4.79 Å². The zero-order valence-corrected chi connectivity index (χ0v) is 8.59. The van der Waals surface area contributed by atoms with Crippen LogP contribution in [0.2, 0.25) is 0 Å². The maximum Gasteiger partial charge on any atom is 0.317 e. The van der Waals surface area contributed by atoms with Gasteiger partial charge in [-0.05, 0) is 32.1 Å². The van der Waals surface area contributed by atoms with Gasteiger partial charge in [-0.1, -0.05) is 0 Å². The molecule has 2 rings (SSSR count). The van der Waals surface area contributed by atoms with Gasteiger partial charge in [0.15, 0.2) is 0 Å². The Morgan fingerprint density at radius 2 is 1.93 bits per heavy atom. The first-order valence-corrected chi connectivity index (χ1v) is 5.51. The number of carbonyl (C=O) groups excluding carboxylic acids is 1. The molecule has 2 fully saturated rings. The summed E-state index contributed by atoms with van der Waals surface area (Å²) in [5.74, 6) is 0. The highest BCUT2D eigenvalue weighted by Gasteiger charge is 2.33. The Balaban J connectivity index is 1.71. The summed E-state index contributed by atoms with van der Waals surface area (Å²) in [6, 6.07) is 0.0687. The summed E-state index contributed by atoms with van der Waals surface area (Å²) < 4.78 is 0. The van der Waals surface area contributed by atoms with Gasteiger partial charge in [0.25, 0.3) is 0 Å². The lowest BCUT2D eigenvalue weighted by Crippen LogP contribution is -2.56. The molecule has 0 aromatic rings. The lowest BCUT2D eigenvalue weighted by Gasteiger charge is -2.38. The average Bonchev–Trinajstić information content (AvgIpc) is 2.63. The Morgan fingerprint density at radius 1 is 1.29 bits per heavy atom. The number of urea groups is 1. The topological polar surface area (TPSA) is 58.4 Å². The summed E-state index contributed by atoms with van der Waals surface area (Å²) in [7, 11) is 0. The van der Waals surface area contributed by atoms with Gasteiger partial charge in [0.2, 0.25) is 0 Å². The number of carbonyl (C=O) groups is 1. The van der Waals surface area contributed by atoms with E-state index in [4.69, 9.17) is 5.73 Å². The van der Waals surface area contributed by atoms with Crippen molar-refractivity contribution in [1.29, 1.82) is 0 Å². The van der Waals surface area contributed by atoms with E-state index in [1.54, 1.807) is 0 Å². The number of nitrogens with two attached hydrogens (primary N) is 1. The molecular weight excluding hydrogens is 178 g/mol. The van der Waals surface area contributed by atoms with Crippen molar-refractivity contribution in [2.75, 3.05) is 19.6 Å². The molecule has 0 bridgehead atoms. The Labute approximate surface area is 84.8 Å². The molecule has 1 aliphatic heterocycles. The molecule has 1 saturated carbocycles. The first kappa shape index (κ1) is 9.77. The van der Waals surface area contributed by atoms with Crippen molar-refractivity contribution in [3.8, 4) is 0 Å². The van der Waals surface area contributed by atoms with Crippen LogP contribution in [0, 0.1) is 0 Å². The minimum Gasteiger partial charge on any atom is -0.336 e. The molecule has 3 N–H and O–H groups in total. The largest absolute Gasteiger partial charge is 0.336 e. The summed E-state index contributed by atoms with van der Waals surface area (Å²) in [6.07, 6.45) is 5.58. The number of amides is 2. The van der Waals surface area contributed by atoms with Crippen molar-refractivity contribution >= 4 is 6.03 Å². The van der Waals surface area contributed by atoms with Crippen LogP contribution in [0.15, 0.2) is 0 Å². The molecule has 0 radical (unpaired) electrons. The van der Waals surface area contributed by atoms with Crippen LogP contribution in [0.4, 0.5) is 4.79 Å². The molecule has 0 unspecified atom stereocenters. The number of rotatable bonds is 2. The van der Waals surface area contributed by atoms with Crippen LogP contribution in [0.3, 0.4) is 0 Å². The van der Waals surface area contributed by atoms with E-state index in [1.807, 2.05) is 4.90 Å². The van der Waals surface area contributed by atoms with Crippen molar-refractivity contribution in [2.45, 2.75) is 37.6 Å². The monoisotopic (exact) mass is 197 g/mol. The van der Waals surface area contributed by atoms with Gasteiger partial charge in [0.1, 0.15) is 0 Å². The van der Waals surface area contributed by atoms with Crippen molar-refractivity contribution in [3.05, 3.63) is 0 Å². The number of nitrogens with zero attached hydrogens (tertiary/aromatic N) is 1. The maximum atomic E-state index is 11.6. The fraction of sp³-hybridized carbons (Fsp3) is 0.900. The van der Waals surface area contributed by atoms with E-state index in [0.717, 1.165) is 38.8 Å². The summed E-state index contributed by atoms with van der Waals surface area (Å²) in [4.78, 5) is 13.5. The van der Waals surface area contributed by atoms with Gasteiger partial charge in [-0.3, -0.25) is 0 Å². The molecule has 2 aliphatic rings. The highest BCUT2D eigenvalue weighted by Crippen LogP contribution is 2.28. The SMILES string of the molecule is NC1(CNC(=O)N2CCCC2)CCC1. The lowest BCUT2D eigenvalue weighted by atomic mass is 9.78. The van der Waals surface area contributed by atoms with Crippen molar-refractivity contribution in [1.82, 2.24) is 10.2 Å². The van der Waals surface area contributed by atoms with E-state index >= 15 is 0 Å². The summed E-state index contributed by atoms with van der Waals surface area (Å²) in [6.45, 7) is 2.45. The molecule has 1 aliphatic carbocycles. The van der Waals surface area contributed by atoms with E-state index in [2.05, 4.69) is 5.32 Å². The van der Waals surface area contributed by atoms with Gasteiger partial charge in [-0.2, -0.15) is 0 Å². The quantitative estimate of drug-likeness (QED) is 0.683. The van der Waals surface area contributed by atoms with E-state index in [0.29, 0.717) is 6.54 Å². The van der Waals surface area contributed by atoms with Gasteiger partial charge in [-0.25, -0.2) is 4.79 Å². The van der Waals surface area contributed by atoms with Crippen molar-refractivity contribution in [3.63, 3.8) is 0 Å². The molecule has 0 aromatic heterocycles. The van der Waals surface area contributed by atoms with Crippen LogP contribution in [0.5, 0.6) is 0 Å². The molecule has 4 heteroatoms. The molecule has 0 atom stereocenters. The summed E-state index contributed by atoms with van der Waals surface area (Å²) >= 11 is 0. The second-order valence-electron chi connectivity index (χ2n) is 4.57. The molecular formula is C10H19N3O. The third-order valence-electron chi connectivity index (χ3n) is 3.33. The molecule has 2 amide bonds. The smallest absolute Gasteiger partial charge is 0.317 e. The third-order valence-corrected chi connectivity index (χ3v) is 3.33. The van der Waals surface area contributed by atoms with Gasteiger partial charge >= 0.3 is 6.03 Å². The van der Waals surface area contributed by atoms with Crippen LogP contribution < -0.4 is 11.1 Å². The molecule has 0 spiro atoms. The summed E-state index contributed by atoms with van der Waals surface area (Å²) in [5.41, 5.74) is 5.91. The highest BCUT2D eigenvalue weighted by atomic mass is 16.2. The second-order valence-corrected chi connectivity index (χ2v) is 4.57. The lowest BCUT2D eigenvalue weighted by molar-refractivity contribution is 0.193. The van der Waals surface area contributed by atoms with Gasteiger partial charge in [0.05, 0.1) is 0 Å². The van der Waals surface area contributed by atoms with Crippen LogP contribution in [-0.4, -0.2) is 36.1 Å². The van der Waals surface area contributed by atoms with Crippen LogP contribution in [-0.2, 0) is 0 Å². The zero-order chi connectivity index (χ0) is 10.0. The number of likely N-dealkylation sites (tertiary alicyclic amines) is 1. The normalized spacial score (nSPS) is 24.5. The maximum absolute atomic E-state index is 11.6. The van der Waals surface area contributed by atoms with E-state index in [1.165, 1.54) is 6.42 Å². The molecule has 14 heavy (non-hydrogen) atoms. The summed E-state index contributed by atoms with van der Waals surface area (Å²) in [5, 5.41) is 2.93. The predicted molar refractivity (Wildman–Crippen MR) is 55.0 cm³/mol. The van der Waals surface area contributed by atoms with Gasteiger partial charge in [0, 0.05) is 25.2 Å².